The summed E-state index contributed by atoms with van der Waals surface area (Å²) in [6, 6.07) is 0. The Balaban J connectivity index is 4.01. The Labute approximate surface area is 80.2 Å². The van der Waals surface area contributed by atoms with Crippen molar-refractivity contribution in [2.75, 3.05) is 5.75 Å². The highest BCUT2D eigenvalue weighted by atomic mass is 32.1. The number of carbonyl (C=O) groups excluding carboxylic acids is 1. The van der Waals surface area contributed by atoms with Gasteiger partial charge in [0.25, 0.3) is 0 Å². The first kappa shape index (κ1) is 12.0. The van der Waals surface area contributed by atoms with Crippen LogP contribution in [-0.4, -0.2) is 33.7 Å². The SMILES string of the molecule is O=C(O)CC(=O)CC(CS)C(=O)O. The van der Waals surface area contributed by atoms with Crippen LogP contribution in [0.1, 0.15) is 12.8 Å². The van der Waals surface area contributed by atoms with Crippen molar-refractivity contribution in [2.45, 2.75) is 12.8 Å². The number of hydrogen-bond donors (Lipinski definition) is 3. The van der Waals surface area contributed by atoms with Gasteiger partial charge < -0.3 is 10.2 Å². The fraction of sp³-hybridized carbons (Fsp3) is 0.571. The summed E-state index contributed by atoms with van der Waals surface area (Å²) < 4.78 is 0. The second-order valence-electron chi connectivity index (χ2n) is 2.53. The maximum absolute atomic E-state index is 10.8. The molecular formula is C7H10O5S. The van der Waals surface area contributed by atoms with E-state index in [0.29, 0.717) is 0 Å². The van der Waals surface area contributed by atoms with Crippen molar-refractivity contribution in [1.82, 2.24) is 0 Å². The summed E-state index contributed by atoms with van der Waals surface area (Å²) in [4.78, 5) is 31.3. The fourth-order valence-corrected chi connectivity index (χ4v) is 1.03. The van der Waals surface area contributed by atoms with E-state index in [1.165, 1.54) is 0 Å². The molecule has 2 N–H and O–H groups in total. The summed E-state index contributed by atoms with van der Waals surface area (Å²) in [6.45, 7) is 0. The lowest BCUT2D eigenvalue weighted by atomic mass is 10.0. The van der Waals surface area contributed by atoms with Gasteiger partial charge >= 0.3 is 11.9 Å². The van der Waals surface area contributed by atoms with Crippen LogP contribution in [0.25, 0.3) is 0 Å². The molecule has 0 fully saturated rings. The molecule has 74 valence electrons. The average molecular weight is 206 g/mol. The highest BCUT2D eigenvalue weighted by Crippen LogP contribution is 2.07. The Bertz CT molecular complexity index is 225. The van der Waals surface area contributed by atoms with E-state index in [4.69, 9.17) is 10.2 Å². The molecule has 0 radical (unpaired) electrons. The lowest BCUT2D eigenvalue weighted by Gasteiger charge is -2.06. The van der Waals surface area contributed by atoms with Crippen LogP contribution < -0.4 is 0 Å². The van der Waals surface area contributed by atoms with Gasteiger partial charge in [-0.15, -0.1) is 0 Å². The Morgan fingerprint density at radius 1 is 1.23 bits per heavy atom. The minimum Gasteiger partial charge on any atom is -0.481 e. The number of hydrogen-bond acceptors (Lipinski definition) is 4. The Kier molecular flexibility index (Phi) is 5.13. The number of carbonyl (C=O) groups is 3. The van der Waals surface area contributed by atoms with Gasteiger partial charge in [0.1, 0.15) is 12.2 Å². The van der Waals surface area contributed by atoms with Crippen LogP contribution in [0.4, 0.5) is 0 Å². The minimum absolute atomic E-state index is 0.0285. The second-order valence-corrected chi connectivity index (χ2v) is 2.90. The molecule has 0 aromatic rings. The van der Waals surface area contributed by atoms with Gasteiger partial charge in [-0.2, -0.15) is 12.6 Å². The molecule has 5 nitrogen and oxygen atoms in total. The van der Waals surface area contributed by atoms with Gasteiger partial charge in [0.05, 0.1) is 5.92 Å². The van der Waals surface area contributed by atoms with Crippen LogP contribution in [0.5, 0.6) is 0 Å². The summed E-state index contributed by atoms with van der Waals surface area (Å²) in [6.07, 6.45) is -0.900. The van der Waals surface area contributed by atoms with Crippen molar-refractivity contribution in [3.05, 3.63) is 0 Å². The highest BCUT2D eigenvalue weighted by Gasteiger charge is 2.20. The maximum Gasteiger partial charge on any atom is 0.310 e. The number of carboxylic acids is 2. The first-order valence-corrected chi connectivity index (χ1v) is 4.17. The monoisotopic (exact) mass is 206 g/mol. The fourth-order valence-electron chi connectivity index (χ4n) is 0.746. The zero-order valence-electron chi connectivity index (χ0n) is 6.77. The standard InChI is InChI=1S/C7H10O5S/c8-5(2-6(9)10)1-4(3-13)7(11)12/h4,13H,1-3H2,(H,9,10)(H,11,12). The lowest BCUT2D eigenvalue weighted by molar-refractivity contribution is -0.145. The molecule has 0 rings (SSSR count). The maximum atomic E-state index is 10.8. The van der Waals surface area contributed by atoms with Crippen LogP contribution in [0.3, 0.4) is 0 Å². The average Bonchev–Trinajstić information content (AvgIpc) is 1.98. The van der Waals surface area contributed by atoms with E-state index in [2.05, 4.69) is 12.6 Å². The Morgan fingerprint density at radius 2 is 1.77 bits per heavy atom. The molecule has 0 aliphatic rings. The largest absolute Gasteiger partial charge is 0.481 e. The molecule has 0 amide bonds. The van der Waals surface area contributed by atoms with Crippen LogP contribution in [0, 0.1) is 5.92 Å². The van der Waals surface area contributed by atoms with Crippen molar-refractivity contribution in [3.8, 4) is 0 Å². The van der Waals surface area contributed by atoms with Gasteiger partial charge in [-0.3, -0.25) is 14.4 Å². The third kappa shape index (κ3) is 5.24. The van der Waals surface area contributed by atoms with E-state index < -0.39 is 30.1 Å². The smallest absolute Gasteiger partial charge is 0.310 e. The second kappa shape index (κ2) is 5.58. The first-order valence-electron chi connectivity index (χ1n) is 3.54. The van der Waals surface area contributed by atoms with Gasteiger partial charge in [-0.05, 0) is 0 Å². The number of carboxylic acid groups (broad SMARTS) is 2. The van der Waals surface area contributed by atoms with Crippen molar-refractivity contribution >= 4 is 30.4 Å². The zero-order valence-corrected chi connectivity index (χ0v) is 7.66. The van der Waals surface area contributed by atoms with E-state index in [1.807, 2.05) is 0 Å². The molecule has 0 spiro atoms. The first-order chi connectivity index (χ1) is 5.97. The number of Topliss-reactive ketones (excluding diaryl/α,β-unsaturated/α-hetero) is 1. The van der Waals surface area contributed by atoms with E-state index >= 15 is 0 Å². The van der Waals surface area contributed by atoms with E-state index in [1.54, 1.807) is 0 Å². The summed E-state index contributed by atoms with van der Waals surface area (Å²) in [5, 5.41) is 16.7. The molecule has 0 saturated carbocycles. The van der Waals surface area contributed by atoms with E-state index in [9.17, 15) is 14.4 Å². The molecule has 13 heavy (non-hydrogen) atoms. The normalized spacial score (nSPS) is 12.1. The summed E-state index contributed by atoms with van der Waals surface area (Å²) in [5.74, 6) is -3.83. The Morgan fingerprint density at radius 3 is 2.08 bits per heavy atom. The molecule has 0 aliphatic heterocycles. The van der Waals surface area contributed by atoms with Gasteiger partial charge in [-0.25, -0.2) is 0 Å². The zero-order chi connectivity index (χ0) is 10.4. The predicted molar refractivity (Wildman–Crippen MR) is 46.9 cm³/mol. The van der Waals surface area contributed by atoms with Gasteiger partial charge in [-0.1, -0.05) is 0 Å². The number of ketones is 1. The summed E-state index contributed by atoms with van der Waals surface area (Å²) in [5.41, 5.74) is 0. The summed E-state index contributed by atoms with van der Waals surface area (Å²) in [7, 11) is 0. The molecule has 6 heteroatoms. The van der Waals surface area contributed by atoms with Crippen LogP contribution >= 0.6 is 12.6 Å². The number of thiol groups is 1. The predicted octanol–water partition coefficient (Wildman–Crippen LogP) is 0.0509. The molecule has 1 atom stereocenters. The molecule has 0 aliphatic carbocycles. The molecular weight excluding hydrogens is 196 g/mol. The van der Waals surface area contributed by atoms with Crippen molar-refractivity contribution in [2.24, 2.45) is 5.92 Å². The van der Waals surface area contributed by atoms with Crippen molar-refractivity contribution in [1.29, 1.82) is 0 Å². The van der Waals surface area contributed by atoms with Gasteiger partial charge in [0.15, 0.2) is 0 Å². The molecule has 0 aromatic carbocycles. The number of rotatable bonds is 6. The molecule has 0 aromatic heterocycles. The quantitative estimate of drug-likeness (QED) is 0.422. The third-order valence-corrected chi connectivity index (χ3v) is 1.83. The number of aliphatic carboxylic acids is 2. The summed E-state index contributed by atoms with van der Waals surface area (Å²) >= 11 is 3.74. The van der Waals surface area contributed by atoms with Gasteiger partial charge in [0.2, 0.25) is 0 Å². The van der Waals surface area contributed by atoms with Crippen LogP contribution in [0.15, 0.2) is 0 Å². The highest BCUT2D eigenvalue weighted by molar-refractivity contribution is 7.80. The third-order valence-electron chi connectivity index (χ3n) is 1.39. The lowest BCUT2D eigenvalue weighted by Crippen LogP contribution is -2.20. The van der Waals surface area contributed by atoms with Crippen LogP contribution in [0.2, 0.25) is 0 Å². The topological polar surface area (TPSA) is 91.7 Å². The minimum atomic E-state index is -1.24. The Hall–Kier alpha value is -1.04. The van der Waals surface area contributed by atoms with E-state index in [0.717, 1.165) is 0 Å². The van der Waals surface area contributed by atoms with Crippen molar-refractivity contribution in [3.63, 3.8) is 0 Å². The molecule has 0 bridgehead atoms. The molecule has 1 unspecified atom stereocenters. The van der Waals surface area contributed by atoms with Gasteiger partial charge in [0, 0.05) is 12.2 Å². The molecule has 0 saturated heterocycles. The van der Waals surface area contributed by atoms with Crippen molar-refractivity contribution < 1.29 is 24.6 Å². The van der Waals surface area contributed by atoms with E-state index in [-0.39, 0.29) is 12.2 Å². The van der Waals surface area contributed by atoms with Crippen LogP contribution in [-0.2, 0) is 14.4 Å². The molecule has 0 heterocycles.